The van der Waals surface area contributed by atoms with Crippen molar-refractivity contribution in [3.05, 3.63) is 47.3 Å². The summed E-state index contributed by atoms with van der Waals surface area (Å²) in [5.74, 6) is -3.52. The molecule has 1 fully saturated rings. The number of rotatable bonds is 7. The summed E-state index contributed by atoms with van der Waals surface area (Å²) in [4.78, 5) is 24.7. The Morgan fingerprint density at radius 3 is 2.52 bits per heavy atom. The van der Waals surface area contributed by atoms with Gasteiger partial charge in [-0.15, -0.1) is 0 Å². The van der Waals surface area contributed by atoms with Crippen LogP contribution in [-0.4, -0.2) is 28.8 Å². The van der Waals surface area contributed by atoms with Gasteiger partial charge in [0.25, 0.3) is 11.7 Å². The van der Waals surface area contributed by atoms with E-state index in [0.717, 1.165) is 24.2 Å². The minimum atomic E-state index is -2.49. The van der Waals surface area contributed by atoms with Gasteiger partial charge >= 0.3 is 5.97 Å². The largest absolute Gasteiger partial charge is 0.452 e. The van der Waals surface area contributed by atoms with Crippen LogP contribution in [-0.2, 0) is 9.53 Å². The van der Waals surface area contributed by atoms with E-state index < -0.39 is 24.2 Å². The van der Waals surface area contributed by atoms with Crippen molar-refractivity contribution in [2.75, 3.05) is 11.9 Å². The number of halogens is 2. The number of thioether (sulfide) groups is 1. The number of benzene rings is 1. The molecule has 0 spiro atoms. The molecule has 2 aromatic rings. The zero-order valence-electron chi connectivity index (χ0n) is 15.0. The van der Waals surface area contributed by atoms with Gasteiger partial charge in [0.1, 0.15) is 0 Å². The Morgan fingerprint density at radius 1 is 1.26 bits per heavy atom. The Hall–Kier alpha value is -2.35. The van der Waals surface area contributed by atoms with Crippen LogP contribution < -0.4 is 5.32 Å². The summed E-state index contributed by atoms with van der Waals surface area (Å²) in [6.07, 6.45) is 2.23. The van der Waals surface area contributed by atoms with Crippen LogP contribution in [0.4, 0.5) is 14.5 Å². The van der Waals surface area contributed by atoms with Crippen molar-refractivity contribution in [1.82, 2.24) is 4.57 Å². The molecule has 1 aliphatic carbocycles. The van der Waals surface area contributed by atoms with Gasteiger partial charge in [0.05, 0.1) is 5.56 Å². The topological polar surface area (TPSA) is 60.3 Å². The Kier molecular flexibility index (Phi) is 5.84. The molecule has 0 radical (unpaired) electrons. The highest BCUT2D eigenvalue weighted by molar-refractivity contribution is 7.99. The van der Waals surface area contributed by atoms with E-state index in [1.165, 1.54) is 24.3 Å². The van der Waals surface area contributed by atoms with E-state index in [9.17, 15) is 18.4 Å². The molecule has 144 valence electrons. The standard InChI is InChI=1S/C19H20F2N2O3S/c1-11-9-16(12(2)23(11)14-5-6-14)18(25)26-10-17(24)22-13-3-7-15(8-4-13)27-19(20)21/h3-4,7-9,14,19H,5-6,10H2,1-2H3,(H,22,24). The molecule has 8 heteroatoms. The smallest absolute Gasteiger partial charge is 0.340 e. The number of hydrogen-bond donors (Lipinski definition) is 1. The van der Waals surface area contributed by atoms with Crippen molar-refractivity contribution in [1.29, 1.82) is 0 Å². The third kappa shape index (κ3) is 4.88. The molecule has 0 saturated heterocycles. The van der Waals surface area contributed by atoms with Gasteiger partial charge in [-0.1, -0.05) is 11.8 Å². The maximum atomic E-state index is 12.3. The number of nitrogens with zero attached hydrogens (tertiary/aromatic N) is 1. The molecule has 1 aliphatic rings. The summed E-state index contributed by atoms with van der Waals surface area (Å²) in [7, 11) is 0. The van der Waals surface area contributed by atoms with Crippen molar-refractivity contribution in [2.24, 2.45) is 0 Å². The first-order valence-corrected chi connectivity index (χ1v) is 9.43. The predicted octanol–water partition coefficient (Wildman–Crippen LogP) is 4.55. The van der Waals surface area contributed by atoms with Gasteiger partial charge in [0.15, 0.2) is 6.61 Å². The van der Waals surface area contributed by atoms with Crippen molar-refractivity contribution >= 4 is 29.3 Å². The van der Waals surface area contributed by atoms with Crippen molar-refractivity contribution < 1.29 is 23.1 Å². The van der Waals surface area contributed by atoms with Gasteiger partial charge in [-0.2, -0.15) is 8.78 Å². The quantitative estimate of drug-likeness (QED) is 0.553. The van der Waals surface area contributed by atoms with E-state index in [0.29, 0.717) is 34.0 Å². The number of amides is 1. The third-order valence-electron chi connectivity index (χ3n) is 4.31. The molecule has 0 atom stereocenters. The normalized spacial score (nSPS) is 13.7. The second-order valence-electron chi connectivity index (χ2n) is 6.41. The maximum absolute atomic E-state index is 12.3. The molecule has 0 aliphatic heterocycles. The Balaban J connectivity index is 1.53. The fourth-order valence-electron chi connectivity index (χ4n) is 3.00. The van der Waals surface area contributed by atoms with E-state index in [4.69, 9.17) is 4.74 Å². The fourth-order valence-corrected chi connectivity index (χ4v) is 3.50. The Bertz CT molecular complexity index is 845. The highest BCUT2D eigenvalue weighted by Crippen LogP contribution is 2.38. The molecule has 0 bridgehead atoms. The van der Waals surface area contributed by atoms with E-state index >= 15 is 0 Å². The van der Waals surface area contributed by atoms with Gasteiger partial charge in [0.2, 0.25) is 0 Å². The number of hydrogen-bond acceptors (Lipinski definition) is 4. The third-order valence-corrected chi connectivity index (χ3v) is 5.04. The molecule has 27 heavy (non-hydrogen) atoms. The second kappa shape index (κ2) is 8.12. The van der Waals surface area contributed by atoms with Crippen LogP contribution in [0.5, 0.6) is 0 Å². The van der Waals surface area contributed by atoms with Crippen LogP contribution in [0.1, 0.15) is 40.6 Å². The summed E-state index contributed by atoms with van der Waals surface area (Å²) >= 11 is 0.431. The molecule has 5 nitrogen and oxygen atoms in total. The molecule has 1 aromatic carbocycles. The number of carbonyl (C=O) groups is 2. The SMILES string of the molecule is Cc1cc(C(=O)OCC(=O)Nc2ccc(SC(F)F)cc2)c(C)n1C1CC1. The van der Waals surface area contributed by atoms with E-state index in [-0.39, 0.29) is 0 Å². The summed E-state index contributed by atoms with van der Waals surface area (Å²) in [5, 5.41) is 2.57. The Morgan fingerprint density at radius 2 is 1.93 bits per heavy atom. The molecule has 1 amide bonds. The lowest BCUT2D eigenvalue weighted by Gasteiger charge is -2.09. The van der Waals surface area contributed by atoms with Crippen LogP contribution in [0.15, 0.2) is 35.2 Å². The van der Waals surface area contributed by atoms with Crippen LogP contribution in [0.3, 0.4) is 0 Å². The van der Waals surface area contributed by atoms with E-state index in [1.54, 1.807) is 6.07 Å². The van der Waals surface area contributed by atoms with Gasteiger partial charge in [-0.05, 0) is 57.0 Å². The van der Waals surface area contributed by atoms with Gasteiger partial charge in [-0.25, -0.2) is 4.79 Å². The van der Waals surface area contributed by atoms with Crippen molar-refractivity contribution in [3.63, 3.8) is 0 Å². The molecular weight excluding hydrogens is 374 g/mol. The van der Waals surface area contributed by atoms with Gasteiger partial charge in [0, 0.05) is 28.0 Å². The van der Waals surface area contributed by atoms with Gasteiger partial charge in [-0.3, -0.25) is 4.79 Å². The summed E-state index contributed by atoms with van der Waals surface area (Å²) < 4.78 is 31.8. The van der Waals surface area contributed by atoms with Crippen LogP contribution >= 0.6 is 11.8 Å². The summed E-state index contributed by atoms with van der Waals surface area (Å²) in [6.45, 7) is 3.41. The van der Waals surface area contributed by atoms with E-state index in [1.807, 2.05) is 13.8 Å². The number of anilines is 1. The number of aryl methyl sites for hydroxylation is 1. The number of carbonyl (C=O) groups excluding carboxylic acids is 2. The lowest BCUT2D eigenvalue weighted by molar-refractivity contribution is -0.119. The van der Waals surface area contributed by atoms with Crippen LogP contribution in [0, 0.1) is 13.8 Å². The first-order valence-electron chi connectivity index (χ1n) is 8.55. The zero-order valence-corrected chi connectivity index (χ0v) is 15.8. The highest BCUT2D eigenvalue weighted by Gasteiger charge is 2.28. The molecule has 1 heterocycles. The number of nitrogens with one attached hydrogen (secondary N) is 1. The molecular formula is C19H20F2N2O3S. The first-order chi connectivity index (χ1) is 12.8. The summed E-state index contributed by atoms with van der Waals surface area (Å²) in [6, 6.07) is 8.27. The number of alkyl halides is 2. The van der Waals surface area contributed by atoms with Gasteiger partial charge < -0.3 is 14.6 Å². The van der Waals surface area contributed by atoms with Crippen LogP contribution in [0.2, 0.25) is 0 Å². The minimum absolute atomic E-state index is 0.403. The molecule has 1 saturated carbocycles. The average molecular weight is 394 g/mol. The lowest BCUT2D eigenvalue weighted by Crippen LogP contribution is -2.21. The zero-order chi connectivity index (χ0) is 19.6. The Labute approximate surface area is 160 Å². The molecule has 3 rings (SSSR count). The van der Waals surface area contributed by atoms with Crippen molar-refractivity contribution in [3.8, 4) is 0 Å². The fraction of sp³-hybridized carbons (Fsp3) is 0.368. The average Bonchev–Trinajstić information content (AvgIpc) is 3.39. The molecule has 0 unspecified atom stereocenters. The monoisotopic (exact) mass is 394 g/mol. The number of esters is 1. The number of aromatic nitrogens is 1. The predicted molar refractivity (Wildman–Crippen MR) is 99.4 cm³/mol. The lowest BCUT2D eigenvalue weighted by atomic mass is 10.2. The summed E-state index contributed by atoms with van der Waals surface area (Å²) in [5.41, 5.74) is 2.78. The second-order valence-corrected chi connectivity index (χ2v) is 7.48. The van der Waals surface area contributed by atoms with E-state index in [2.05, 4.69) is 9.88 Å². The highest BCUT2D eigenvalue weighted by atomic mass is 32.2. The maximum Gasteiger partial charge on any atom is 0.340 e. The van der Waals surface area contributed by atoms with Crippen molar-refractivity contribution in [2.45, 2.75) is 43.4 Å². The number of ether oxygens (including phenoxy) is 1. The molecule has 1 N–H and O–H groups in total. The first kappa shape index (κ1) is 19.4. The van der Waals surface area contributed by atoms with Crippen LogP contribution in [0.25, 0.3) is 0 Å². The minimum Gasteiger partial charge on any atom is -0.452 e. The molecule has 1 aromatic heterocycles.